The van der Waals surface area contributed by atoms with Crippen molar-refractivity contribution in [2.24, 2.45) is 11.8 Å². The van der Waals surface area contributed by atoms with Crippen molar-refractivity contribution in [3.63, 3.8) is 0 Å². The lowest BCUT2D eigenvalue weighted by atomic mass is 10.1. The average molecular weight is 423 g/mol. The van der Waals surface area contributed by atoms with Gasteiger partial charge >= 0.3 is 12.2 Å². The van der Waals surface area contributed by atoms with E-state index in [4.69, 9.17) is 20.0 Å². The molecule has 0 bridgehead atoms. The molecule has 0 aromatic rings. The molecule has 0 radical (unpaired) electrons. The Morgan fingerprint density at radius 1 is 0.767 bits per heavy atom. The second-order valence-electron chi connectivity index (χ2n) is 9.29. The highest BCUT2D eigenvalue weighted by Crippen LogP contribution is 2.12. The maximum absolute atomic E-state index is 11.4. The van der Waals surface area contributed by atoms with Gasteiger partial charge in [-0.3, -0.25) is 0 Å². The minimum Gasteiger partial charge on any atom is -0.444 e. The van der Waals surface area contributed by atoms with E-state index in [0.29, 0.717) is 26.2 Å². The molecule has 10 nitrogen and oxygen atoms in total. The third-order valence-corrected chi connectivity index (χ3v) is 4.16. The zero-order valence-corrected chi connectivity index (χ0v) is 18.7. The molecule has 0 spiro atoms. The molecule has 2 heterocycles. The molecule has 4 atom stereocenters. The summed E-state index contributed by atoms with van der Waals surface area (Å²) in [7, 11) is 0. The highest BCUT2D eigenvalue weighted by atomic mass is 16.6. The van der Waals surface area contributed by atoms with Crippen LogP contribution in [-0.2, 0) is 9.47 Å². The van der Waals surface area contributed by atoms with Gasteiger partial charge in [-0.15, -0.1) is 0 Å². The number of nitriles is 2. The zero-order valence-electron chi connectivity index (χ0n) is 18.7. The first-order valence-corrected chi connectivity index (χ1v) is 10.0. The highest BCUT2D eigenvalue weighted by Gasteiger charge is 2.30. The number of alkyl carbamates (subject to hydrolysis) is 2. The van der Waals surface area contributed by atoms with Gasteiger partial charge in [0.15, 0.2) is 0 Å². The van der Waals surface area contributed by atoms with Crippen LogP contribution in [-0.4, -0.2) is 61.7 Å². The van der Waals surface area contributed by atoms with Crippen molar-refractivity contribution < 1.29 is 19.1 Å². The normalized spacial score (nSPS) is 25.7. The van der Waals surface area contributed by atoms with Crippen molar-refractivity contribution in [1.29, 1.82) is 10.5 Å². The first-order chi connectivity index (χ1) is 13.8. The van der Waals surface area contributed by atoms with Crippen molar-refractivity contribution >= 4 is 12.2 Å². The number of ether oxygens (including phenoxy) is 2. The Balaban J connectivity index is 0.000000300. The van der Waals surface area contributed by atoms with E-state index in [0.717, 1.165) is 0 Å². The minimum absolute atomic E-state index is 0.148. The monoisotopic (exact) mass is 422 g/mol. The molecule has 2 amide bonds. The smallest absolute Gasteiger partial charge is 0.407 e. The molecule has 2 rings (SSSR count). The molecule has 0 aromatic heterocycles. The quantitative estimate of drug-likeness (QED) is 0.519. The SMILES string of the molecule is CC(C)(C)OC(=O)N[C@@H]1CNC[C@@H]1C#N.CC(C)(C)OC(=O)N[C@H]1CNC[C@H]1C#N. The summed E-state index contributed by atoms with van der Waals surface area (Å²) in [4.78, 5) is 22.8. The second-order valence-corrected chi connectivity index (χ2v) is 9.29. The number of rotatable bonds is 2. The van der Waals surface area contributed by atoms with Gasteiger partial charge in [-0.2, -0.15) is 10.5 Å². The van der Waals surface area contributed by atoms with E-state index >= 15 is 0 Å². The number of hydrogen-bond donors (Lipinski definition) is 4. The molecule has 0 aliphatic carbocycles. The molecular formula is C20H34N6O4. The Morgan fingerprint density at radius 2 is 1.10 bits per heavy atom. The Kier molecular flexibility index (Phi) is 9.34. The largest absolute Gasteiger partial charge is 0.444 e. The van der Waals surface area contributed by atoms with Crippen molar-refractivity contribution in [1.82, 2.24) is 21.3 Å². The van der Waals surface area contributed by atoms with Crippen LogP contribution in [0.5, 0.6) is 0 Å². The molecule has 0 saturated carbocycles. The number of nitrogens with one attached hydrogen (secondary N) is 4. The average Bonchev–Trinajstić information content (AvgIpc) is 3.20. The molecule has 2 aliphatic rings. The van der Waals surface area contributed by atoms with E-state index in [2.05, 4.69) is 33.4 Å². The van der Waals surface area contributed by atoms with Gasteiger partial charge in [-0.05, 0) is 41.5 Å². The first-order valence-electron chi connectivity index (χ1n) is 10.0. The molecule has 30 heavy (non-hydrogen) atoms. The number of amides is 2. The zero-order chi connectivity index (χ0) is 22.9. The highest BCUT2D eigenvalue weighted by molar-refractivity contribution is 5.68. The Hall–Kier alpha value is -2.56. The van der Waals surface area contributed by atoms with Gasteiger partial charge in [0, 0.05) is 26.2 Å². The predicted molar refractivity (Wildman–Crippen MR) is 110 cm³/mol. The molecule has 4 N–H and O–H groups in total. The third-order valence-electron chi connectivity index (χ3n) is 4.16. The van der Waals surface area contributed by atoms with Crippen molar-refractivity contribution in [3.05, 3.63) is 0 Å². The van der Waals surface area contributed by atoms with Crippen molar-refractivity contribution in [3.8, 4) is 12.1 Å². The summed E-state index contributed by atoms with van der Waals surface area (Å²) < 4.78 is 10.2. The number of nitrogens with zero attached hydrogens (tertiary/aromatic N) is 2. The van der Waals surface area contributed by atoms with E-state index in [1.165, 1.54) is 0 Å². The van der Waals surface area contributed by atoms with E-state index < -0.39 is 23.4 Å². The summed E-state index contributed by atoms with van der Waals surface area (Å²) in [6.07, 6.45) is -0.923. The maximum atomic E-state index is 11.4. The molecule has 0 unspecified atom stereocenters. The van der Waals surface area contributed by atoms with Crippen molar-refractivity contribution in [2.75, 3.05) is 26.2 Å². The van der Waals surface area contributed by atoms with E-state index in [1.807, 2.05) is 0 Å². The molecule has 0 aromatic carbocycles. The molecule has 168 valence electrons. The number of carbonyl (C=O) groups excluding carboxylic acids is 2. The van der Waals surface area contributed by atoms with Crippen LogP contribution in [0, 0.1) is 34.5 Å². The summed E-state index contributed by atoms with van der Waals surface area (Å²) >= 11 is 0. The van der Waals surface area contributed by atoms with E-state index in [-0.39, 0.29) is 23.9 Å². The lowest BCUT2D eigenvalue weighted by Crippen LogP contribution is -2.42. The molecule has 2 fully saturated rings. The van der Waals surface area contributed by atoms with Gasteiger partial charge in [0.05, 0.1) is 36.1 Å². The van der Waals surface area contributed by atoms with E-state index in [1.54, 1.807) is 41.5 Å². The lowest BCUT2D eigenvalue weighted by Gasteiger charge is -2.22. The predicted octanol–water partition coefficient (Wildman–Crippen LogP) is 1.25. The first kappa shape index (κ1) is 25.5. The van der Waals surface area contributed by atoms with Crippen LogP contribution in [0.25, 0.3) is 0 Å². The van der Waals surface area contributed by atoms with Crippen LogP contribution < -0.4 is 21.3 Å². The van der Waals surface area contributed by atoms with Crippen LogP contribution in [0.3, 0.4) is 0 Å². The molecule has 2 aliphatic heterocycles. The van der Waals surface area contributed by atoms with Gasteiger partial charge in [0.2, 0.25) is 0 Å². The van der Waals surface area contributed by atoms with Gasteiger partial charge in [0.1, 0.15) is 11.2 Å². The summed E-state index contributed by atoms with van der Waals surface area (Å²) in [6.45, 7) is 13.3. The van der Waals surface area contributed by atoms with Gasteiger partial charge in [0.25, 0.3) is 0 Å². The maximum Gasteiger partial charge on any atom is 0.407 e. The van der Waals surface area contributed by atoms with Crippen LogP contribution in [0.1, 0.15) is 41.5 Å². The standard InChI is InChI=1S/2C10H17N3O2/c2*1-10(2,3)15-9(14)13-8-6-12-5-7(8)4-11/h2*7-8,12H,5-6H2,1-3H3,(H,13,14)/t2*7-,8+/m10/s1. The summed E-state index contributed by atoms with van der Waals surface area (Å²) in [6, 6.07) is 4.00. The summed E-state index contributed by atoms with van der Waals surface area (Å²) in [5.41, 5.74) is -1.00. The van der Waals surface area contributed by atoms with E-state index in [9.17, 15) is 9.59 Å². The van der Waals surface area contributed by atoms with Crippen LogP contribution in [0.4, 0.5) is 9.59 Å². The Labute approximate surface area is 178 Å². The Morgan fingerprint density at radius 3 is 1.37 bits per heavy atom. The molecule has 10 heteroatoms. The van der Waals surface area contributed by atoms with Crippen LogP contribution >= 0.6 is 0 Å². The summed E-state index contributed by atoms with van der Waals surface area (Å²) in [5.74, 6) is -0.338. The molecule has 2 saturated heterocycles. The van der Waals surface area contributed by atoms with Gasteiger partial charge in [-0.25, -0.2) is 9.59 Å². The van der Waals surface area contributed by atoms with Crippen molar-refractivity contribution in [2.45, 2.75) is 64.8 Å². The number of carbonyl (C=O) groups is 2. The second kappa shape index (κ2) is 11.0. The topological polar surface area (TPSA) is 148 Å². The lowest BCUT2D eigenvalue weighted by molar-refractivity contribution is 0.0491. The third kappa shape index (κ3) is 9.77. The fourth-order valence-corrected chi connectivity index (χ4v) is 2.85. The Bertz CT molecular complexity index is 613. The van der Waals surface area contributed by atoms with Crippen LogP contribution in [0.2, 0.25) is 0 Å². The van der Waals surface area contributed by atoms with Crippen LogP contribution in [0.15, 0.2) is 0 Å². The fourth-order valence-electron chi connectivity index (χ4n) is 2.85. The molecular weight excluding hydrogens is 388 g/mol. The van der Waals surface area contributed by atoms with Gasteiger partial charge < -0.3 is 30.7 Å². The van der Waals surface area contributed by atoms with Gasteiger partial charge in [-0.1, -0.05) is 0 Å². The fraction of sp³-hybridized carbons (Fsp3) is 0.800. The minimum atomic E-state index is -0.502. The number of hydrogen-bond acceptors (Lipinski definition) is 8. The summed E-state index contributed by atoms with van der Waals surface area (Å²) in [5, 5.41) is 29.1.